The predicted molar refractivity (Wildman–Crippen MR) is 46.8 cm³/mol. The number of hydrazine groups is 2. The predicted octanol–water partition coefficient (Wildman–Crippen LogP) is -0.426. The SMILES string of the molecule is NC1(C2=NNNN2)CCCCC1. The summed E-state index contributed by atoms with van der Waals surface area (Å²) in [5.74, 6) is 0.849. The third kappa shape index (κ3) is 1.25. The van der Waals surface area contributed by atoms with Gasteiger partial charge in [-0.1, -0.05) is 19.3 Å². The molecule has 0 aromatic rings. The summed E-state index contributed by atoms with van der Waals surface area (Å²) >= 11 is 0. The van der Waals surface area contributed by atoms with Gasteiger partial charge in [0, 0.05) is 0 Å². The van der Waals surface area contributed by atoms with Crippen molar-refractivity contribution >= 4 is 5.84 Å². The Kier molecular flexibility index (Phi) is 1.90. The largest absolute Gasteiger partial charge is 0.319 e. The van der Waals surface area contributed by atoms with Crippen LogP contribution in [0.25, 0.3) is 0 Å². The van der Waals surface area contributed by atoms with E-state index in [0.29, 0.717) is 0 Å². The van der Waals surface area contributed by atoms with Gasteiger partial charge in [-0.2, -0.15) is 0 Å². The lowest BCUT2D eigenvalue weighted by molar-refractivity contribution is 0.374. The van der Waals surface area contributed by atoms with Crippen LogP contribution in [0, 0.1) is 0 Å². The number of hydrazone groups is 1. The maximum absolute atomic E-state index is 6.19. The zero-order valence-corrected chi connectivity index (χ0v) is 7.06. The first kappa shape index (κ1) is 7.82. The van der Waals surface area contributed by atoms with E-state index in [1.807, 2.05) is 0 Å². The van der Waals surface area contributed by atoms with Crippen molar-refractivity contribution in [1.29, 1.82) is 0 Å². The first-order valence-electron chi connectivity index (χ1n) is 4.44. The smallest absolute Gasteiger partial charge is 0.159 e. The van der Waals surface area contributed by atoms with E-state index in [1.54, 1.807) is 0 Å². The highest BCUT2D eigenvalue weighted by atomic mass is 15.8. The Hall–Kier alpha value is -0.810. The van der Waals surface area contributed by atoms with Crippen LogP contribution >= 0.6 is 0 Å². The molecular weight excluding hydrogens is 154 g/mol. The highest BCUT2D eigenvalue weighted by molar-refractivity contribution is 5.91. The van der Waals surface area contributed by atoms with Crippen LogP contribution in [0.3, 0.4) is 0 Å². The van der Waals surface area contributed by atoms with Gasteiger partial charge in [-0.15, -0.1) is 10.6 Å². The summed E-state index contributed by atoms with van der Waals surface area (Å²) in [5.41, 5.74) is 14.2. The fourth-order valence-electron chi connectivity index (χ4n) is 1.85. The van der Waals surface area contributed by atoms with Crippen LogP contribution in [0.2, 0.25) is 0 Å². The first-order chi connectivity index (χ1) is 5.81. The number of nitrogens with zero attached hydrogens (tertiary/aromatic N) is 1. The molecular formula is C7H15N5. The van der Waals surface area contributed by atoms with Gasteiger partial charge in [-0.3, -0.25) is 5.43 Å². The van der Waals surface area contributed by atoms with E-state index >= 15 is 0 Å². The summed E-state index contributed by atoms with van der Waals surface area (Å²) in [5, 5.41) is 4.05. The second kappa shape index (κ2) is 2.91. The molecule has 2 rings (SSSR count). The van der Waals surface area contributed by atoms with E-state index in [1.165, 1.54) is 19.3 Å². The molecule has 5 heteroatoms. The van der Waals surface area contributed by atoms with Gasteiger partial charge in [-0.25, -0.2) is 5.53 Å². The van der Waals surface area contributed by atoms with Crippen LogP contribution < -0.4 is 22.2 Å². The maximum atomic E-state index is 6.19. The molecule has 0 saturated heterocycles. The molecule has 1 aliphatic carbocycles. The van der Waals surface area contributed by atoms with Gasteiger partial charge in [0.25, 0.3) is 0 Å². The van der Waals surface area contributed by atoms with Crippen molar-refractivity contribution in [3.63, 3.8) is 0 Å². The lowest BCUT2D eigenvalue weighted by atomic mass is 9.82. The second-order valence-corrected chi connectivity index (χ2v) is 3.54. The van der Waals surface area contributed by atoms with Gasteiger partial charge in [0.1, 0.15) is 0 Å². The average Bonchev–Trinajstić information content (AvgIpc) is 2.58. The fourth-order valence-corrected chi connectivity index (χ4v) is 1.85. The highest BCUT2D eigenvalue weighted by Crippen LogP contribution is 2.26. The molecule has 0 aromatic carbocycles. The van der Waals surface area contributed by atoms with Crippen molar-refractivity contribution < 1.29 is 0 Å². The van der Waals surface area contributed by atoms with E-state index in [4.69, 9.17) is 5.73 Å². The standard InChI is InChI=1S/C7H15N5/c8-7(4-2-1-3-5-7)6-9-11-12-10-6/h11-12H,1-5,8H2,(H,9,10). The monoisotopic (exact) mass is 169 g/mol. The minimum absolute atomic E-state index is 0.227. The van der Waals surface area contributed by atoms with Crippen molar-refractivity contribution in [1.82, 2.24) is 16.5 Å². The molecule has 68 valence electrons. The molecule has 0 radical (unpaired) electrons. The third-order valence-corrected chi connectivity index (χ3v) is 2.62. The van der Waals surface area contributed by atoms with Crippen LogP contribution in [0.15, 0.2) is 5.10 Å². The minimum Gasteiger partial charge on any atom is -0.319 e. The third-order valence-electron chi connectivity index (χ3n) is 2.62. The summed E-state index contributed by atoms with van der Waals surface area (Å²) < 4.78 is 0. The maximum Gasteiger partial charge on any atom is 0.159 e. The zero-order valence-electron chi connectivity index (χ0n) is 7.06. The van der Waals surface area contributed by atoms with Crippen molar-refractivity contribution in [3.05, 3.63) is 0 Å². The average molecular weight is 169 g/mol. The molecule has 0 aromatic heterocycles. The van der Waals surface area contributed by atoms with Crippen molar-refractivity contribution in [2.45, 2.75) is 37.6 Å². The Labute approximate surface area is 71.7 Å². The van der Waals surface area contributed by atoms with Gasteiger partial charge in [0.15, 0.2) is 5.84 Å². The quantitative estimate of drug-likeness (QED) is 0.430. The molecule has 2 aliphatic rings. The summed E-state index contributed by atoms with van der Waals surface area (Å²) in [4.78, 5) is 0. The first-order valence-corrected chi connectivity index (χ1v) is 4.44. The van der Waals surface area contributed by atoms with E-state index in [2.05, 4.69) is 21.6 Å². The van der Waals surface area contributed by atoms with Crippen LogP contribution in [0.5, 0.6) is 0 Å². The van der Waals surface area contributed by atoms with E-state index < -0.39 is 0 Å². The van der Waals surface area contributed by atoms with Crippen LogP contribution in [0.4, 0.5) is 0 Å². The molecule has 0 amide bonds. The van der Waals surface area contributed by atoms with Gasteiger partial charge in [-0.05, 0) is 12.8 Å². The molecule has 1 aliphatic heterocycles. The fraction of sp³-hybridized carbons (Fsp3) is 0.857. The molecule has 0 unspecified atom stereocenters. The summed E-state index contributed by atoms with van der Waals surface area (Å²) in [7, 11) is 0. The lowest BCUT2D eigenvalue weighted by Gasteiger charge is -2.32. The number of nitrogens with one attached hydrogen (secondary N) is 3. The molecule has 0 atom stereocenters. The molecule has 1 fully saturated rings. The van der Waals surface area contributed by atoms with Gasteiger partial charge in [0.05, 0.1) is 5.54 Å². The van der Waals surface area contributed by atoms with Crippen LogP contribution in [0.1, 0.15) is 32.1 Å². The Morgan fingerprint density at radius 2 is 2.00 bits per heavy atom. The molecule has 12 heavy (non-hydrogen) atoms. The van der Waals surface area contributed by atoms with Gasteiger partial charge in [0.2, 0.25) is 0 Å². The summed E-state index contributed by atoms with van der Waals surface area (Å²) in [6.07, 6.45) is 5.77. The molecule has 5 nitrogen and oxygen atoms in total. The highest BCUT2D eigenvalue weighted by Gasteiger charge is 2.34. The number of amidine groups is 1. The number of hydrogen-bond acceptors (Lipinski definition) is 5. The van der Waals surface area contributed by atoms with Crippen molar-refractivity contribution in [3.8, 4) is 0 Å². The Morgan fingerprint density at radius 1 is 1.25 bits per heavy atom. The van der Waals surface area contributed by atoms with E-state index in [-0.39, 0.29) is 5.54 Å². The van der Waals surface area contributed by atoms with Crippen LogP contribution in [-0.4, -0.2) is 11.4 Å². The topological polar surface area (TPSA) is 74.5 Å². The zero-order chi connectivity index (χ0) is 8.44. The molecule has 1 heterocycles. The van der Waals surface area contributed by atoms with Gasteiger partial charge >= 0.3 is 0 Å². The Bertz CT molecular complexity index is 194. The van der Waals surface area contributed by atoms with E-state index in [9.17, 15) is 0 Å². The summed E-state index contributed by atoms with van der Waals surface area (Å²) in [6, 6.07) is 0. The normalized spacial score (nSPS) is 27.2. The number of hydrogen-bond donors (Lipinski definition) is 4. The molecule has 1 saturated carbocycles. The molecule has 0 spiro atoms. The van der Waals surface area contributed by atoms with Crippen LogP contribution in [-0.2, 0) is 0 Å². The molecule has 0 bridgehead atoms. The lowest BCUT2D eigenvalue weighted by Crippen LogP contribution is -2.55. The van der Waals surface area contributed by atoms with Crippen molar-refractivity contribution in [2.75, 3.05) is 0 Å². The van der Waals surface area contributed by atoms with Gasteiger partial charge < -0.3 is 5.73 Å². The van der Waals surface area contributed by atoms with Crippen molar-refractivity contribution in [2.24, 2.45) is 10.8 Å². The second-order valence-electron chi connectivity index (χ2n) is 3.54. The Morgan fingerprint density at radius 3 is 2.58 bits per heavy atom. The number of rotatable bonds is 1. The van der Waals surface area contributed by atoms with E-state index in [0.717, 1.165) is 18.7 Å². The summed E-state index contributed by atoms with van der Waals surface area (Å²) in [6.45, 7) is 0. The Balaban J connectivity index is 2.07. The minimum atomic E-state index is -0.227. The molecule has 5 N–H and O–H groups in total. The number of nitrogens with two attached hydrogens (primary N) is 1.